The van der Waals surface area contributed by atoms with Crippen molar-refractivity contribution in [3.05, 3.63) is 0 Å². The van der Waals surface area contributed by atoms with Gasteiger partial charge < -0.3 is 5.32 Å². The largest absolute Gasteiger partial charge is 0.318 e. The SMILES string of the molecule is CNCC(C)S(=O)(=O)N1CCC(C(C)(C)C)CC1. The van der Waals surface area contributed by atoms with E-state index in [9.17, 15) is 8.42 Å². The van der Waals surface area contributed by atoms with Crippen LogP contribution in [0.3, 0.4) is 0 Å². The average Bonchev–Trinajstić information content (AvgIpc) is 2.28. The van der Waals surface area contributed by atoms with E-state index in [0.717, 1.165) is 12.8 Å². The highest BCUT2D eigenvalue weighted by atomic mass is 32.2. The zero-order valence-corrected chi connectivity index (χ0v) is 13.2. The summed E-state index contributed by atoms with van der Waals surface area (Å²) in [5.41, 5.74) is 0.284. The minimum Gasteiger partial charge on any atom is -0.318 e. The quantitative estimate of drug-likeness (QED) is 0.850. The van der Waals surface area contributed by atoms with Gasteiger partial charge in [-0.1, -0.05) is 20.8 Å². The number of hydrogen-bond acceptors (Lipinski definition) is 3. The fourth-order valence-electron chi connectivity index (χ4n) is 2.62. The van der Waals surface area contributed by atoms with Crippen LogP contribution in [-0.4, -0.2) is 44.7 Å². The molecular weight excluding hydrogens is 248 g/mol. The van der Waals surface area contributed by atoms with Crippen molar-refractivity contribution in [3.8, 4) is 0 Å². The van der Waals surface area contributed by atoms with Gasteiger partial charge in [0.25, 0.3) is 0 Å². The summed E-state index contributed by atoms with van der Waals surface area (Å²) in [6.07, 6.45) is 1.96. The zero-order chi connectivity index (χ0) is 14.0. The lowest BCUT2D eigenvalue weighted by molar-refractivity contribution is 0.153. The van der Waals surface area contributed by atoms with Crippen LogP contribution in [0.15, 0.2) is 0 Å². The molecule has 0 aromatic carbocycles. The minimum atomic E-state index is -3.12. The monoisotopic (exact) mass is 276 g/mol. The molecule has 1 atom stereocenters. The van der Waals surface area contributed by atoms with Crippen LogP contribution >= 0.6 is 0 Å². The van der Waals surface area contributed by atoms with Crippen LogP contribution < -0.4 is 5.32 Å². The summed E-state index contributed by atoms with van der Waals surface area (Å²) >= 11 is 0. The van der Waals surface area contributed by atoms with E-state index in [2.05, 4.69) is 26.1 Å². The van der Waals surface area contributed by atoms with E-state index >= 15 is 0 Å². The van der Waals surface area contributed by atoms with Gasteiger partial charge in [0.1, 0.15) is 0 Å². The summed E-state index contributed by atoms with van der Waals surface area (Å²) in [5.74, 6) is 0.628. The number of hydrogen-bond donors (Lipinski definition) is 1. The molecule has 0 radical (unpaired) electrons. The molecule has 1 saturated heterocycles. The molecule has 4 nitrogen and oxygen atoms in total. The predicted molar refractivity (Wildman–Crippen MR) is 76.1 cm³/mol. The highest BCUT2D eigenvalue weighted by Crippen LogP contribution is 2.35. The van der Waals surface area contributed by atoms with Gasteiger partial charge in [0.2, 0.25) is 10.0 Å². The Balaban J connectivity index is 2.63. The van der Waals surface area contributed by atoms with Gasteiger partial charge in [0.15, 0.2) is 0 Å². The lowest BCUT2D eigenvalue weighted by atomic mass is 9.76. The molecular formula is C13H28N2O2S. The van der Waals surface area contributed by atoms with E-state index < -0.39 is 10.0 Å². The first-order valence-corrected chi connectivity index (χ1v) is 8.33. The Morgan fingerprint density at radius 1 is 1.28 bits per heavy atom. The molecule has 1 heterocycles. The van der Waals surface area contributed by atoms with Crippen molar-refractivity contribution in [1.29, 1.82) is 0 Å². The van der Waals surface area contributed by atoms with Crippen LogP contribution in [0.2, 0.25) is 0 Å². The predicted octanol–water partition coefficient (Wildman–Crippen LogP) is 1.68. The van der Waals surface area contributed by atoms with Gasteiger partial charge in [-0.3, -0.25) is 0 Å². The van der Waals surface area contributed by atoms with Crippen LogP contribution in [0.4, 0.5) is 0 Å². The summed E-state index contributed by atoms with van der Waals surface area (Å²) < 4.78 is 26.3. The van der Waals surface area contributed by atoms with Gasteiger partial charge in [0.05, 0.1) is 5.25 Å². The lowest BCUT2D eigenvalue weighted by Gasteiger charge is -2.39. The Morgan fingerprint density at radius 2 is 1.78 bits per heavy atom. The summed E-state index contributed by atoms with van der Waals surface area (Å²) in [4.78, 5) is 0. The van der Waals surface area contributed by atoms with Crippen molar-refractivity contribution in [2.24, 2.45) is 11.3 Å². The third-order valence-electron chi connectivity index (χ3n) is 4.04. The van der Waals surface area contributed by atoms with E-state index in [-0.39, 0.29) is 10.7 Å². The first-order chi connectivity index (χ1) is 8.19. The Kier molecular flexibility index (Phi) is 5.21. The van der Waals surface area contributed by atoms with Gasteiger partial charge in [-0.2, -0.15) is 0 Å². The van der Waals surface area contributed by atoms with Gasteiger partial charge in [0, 0.05) is 19.6 Å². The summed E-state index contributed by atoms with van der Waals surface area (Å²) in [6, 6.07) is 0. The molecule has 108 valence electrons. The molecule has 5 heteroatoms. The van der Waals surface area contributed by atoms with Crippen LogP contribution in [0, 0.1) is 11.3 Å². The second-order valence-electron chi connectivity index (χ2n) is 6.45. The molecule has 0 saturated carbocycles. The van der Waals surface area contributed by atoms with Crippen molar-refractivity contribution in [2.75, 3.05) is 26.7 Å². The third-order valence-corrected chi connectivity index (χ3v) is 6.31. The van der Waals surface area contributed by atoms with Gasteiger partial charge >= 0.3 is 0 Å². The van der Waals surface area contributed by atoms with Crippen LogP contribution in [-0.2, 0) is 10.0 Å². The van der Waals surface area contributed by atoms with E-state index in [0.29, 0.717) is 25.6 Å². The van der Waals surface area contributed by atoms with E-state index in [1.54, 1.807) is 18.3 Å². The number of sulfonamides is 1. The summed E-state index contributed by atoms with van der Waals surface area (Å²) in [6.45, 7) is 10.4. The maximum absolute atomic E-state index is 12.3. The Hall–Kier alpha value is -0.130. The Labute approximate surface area is 112 Å². The van der Waals surface area contributed by atoms with E-state index in [1.165, 1.54) is 0 Å². The lowest BCUT2D eigenvalue weighted by Crippen LogP contribution is -2.46. The number of rotatable bonds is 4. The van der Waals surface area contributed by atoms with Gasteiger partial charge in [-0.15, -0.1) is 0 Å². The van der Waals surface area contributed by atoms with Crippen LogP contribution in [0.5, 0.6) is 0 Å². The molecule has 1 aliphatic rings. The molecule has 0 spiro atoms. The second kappa shape index (κ2) is 5.88. The van der Waals surface area contributed by atoms with Crippen molar-refractivity contribution in [1.82, 2.24) is 9.62 Å². The number of nitrogens with zero attached hydrogens (tertiary/aromatic N) is 1. The van der Waals surface area contributed by atoms with Crippen molar-refractivity contribution in [3.63, 3.8) is 0 Å². The first-order valence-electron chi connectivity index (χ1n) is 6.83. The van der Waals surface area contributed by atoms with Crippen LogP contribution in [0.25, 0.3) is 0 Å². The molecule has 0 bridgehead atoms. The van der Waals surface area contributed by atoms with Gasteiger partial charge in [-0.25, -0.2) is 12.7 Å². The minimum absolute atomic E-state index is 0.284. The number of piperidine rings is 1. The molecule has 1 fully saturated rings. The van der Waals surface area contributed by atoms with Crippen molar-refractivity contribution < 1.29 is 8.42 Å². The first kappa shape index (κ1) is 15.9. The molecule has 1 N–H and O–H groups in total. The van der Waals surface area contributed by atoms with Gasteiger partial charge in [-0.05, 0) is 38.1 Å². The molecule has 0 amide bonds. The van der Waals surface area contributed by atoms with E-state index in [4.69, 9.17) is 0 Å². The van der Waals surface area contributed by atoms with Crippen molar-refractivity contribution >= 4 is 10.0 Å². The number of nitrogens with one attached hydrogen (secondary N) is 1. The molecule has 1 unspecified atom stereocenters. The smallest absolute Gasteiger partial charge is 0.217 e. The second-order valence-corrected chi connectivity index (χ2v) is 8.80. The Bertz CT molecular complexity index is 352. The molecule has 0 aromatic rings. The molecule has 0 aromatic heterocycles. The molecule has 1 rings (SSSR count). The maximum atomic E-state index is 12.3. The Morgan fingerprint density at radius 3 is 2.17 bits per heavy atom. The molecule has 1 aliphatic heterocycles. The maximum Gasteiger partial charge on any atom is 0.217 e. The summed E-state index contributed by atoms with van der Waals surface area (Å²) in [7, 11) is -1.33. The van der Waals surface area contributed by atoms with Crippen LogP contribution in [0.1, 0.15) is 40.5 Å². The fourth-order valence-corrected chi connectivity index (χ4v) is 4.23. The highest BCUT2D eigenvalue weighted by molar-refractivity contribution is 7.89. The highest BCUT2D eigenvalue weighted by Gasteiger charge is 2.35. The zero-order valence-electron chi connectivity index (χ0n) is 12.4. The molecule has 0 aliphatic carbocycles. The third kappa shape index (κ3) is 3.68. The topological polar surface area (TPSA) is 49.4 Å². The average molecular weight is 276 g/mol. The normalized spacial score (nSPS) is 22.1. The summed E-state index contributed by atoms with van der Waals surface area (Å²) in [5, 5.41) is 2.60. The standard InChI is InChI=1S/C13H28N2O2S/c1-11(10-14-5)18(16,17)15-8-6-12(7-9-15)13(2,3)4/h11-12,14H,6-10H2,1-5H3. The molecule has 18 heavy (non-hydrogen) atoms. The fraction of sp³-hybridized carbons (Fsp3) is 1.00. The van der Waals surface area contributed by atoms with Crippen molar-refractivity contribution in [2.45, 2.75) is 45.8 Å². The van der Waals surface area contributed by atoms with E-state index in [1.807, 2.05) is 0 Å².